The predicted molar refractivity (Wildman–Crippen MR) is 96.9 cm³/mol. The number of benzene rings is 2. The molecule has 0 spiro atoms. The third-order valence-corrected chi connectivity index (χ3v) is 4.33. The number of amides is 2. The Morgan fingerprint density at radius 1 is 1.00 bits per heavy atom. The van der Waals surface area contributed by atoms with Crippen molar-refractivity contribution in [3.8, 4) is 0 Å². The van der Waals surface area contributed by atoms with Gasteiger partial charge in [-0.2, -0.15) is 0 Å². The highest BCUT2D eigenvalue weighted by Gasteiger charge is 2.11. The van der Waals surface area contributed by atoms with E-state index in [1.54, 1.807) is 30.3 Å². The van der Waals surface area contributed by atoms with Gasteiger partial charge in [0.25, 0.3) is 0 Å². The fourth-order valence-electron chi connectivity index (χ4n) is 1.98. The number of nitrogens with one attached hydrogen (secondary N) is 2. The lowest BCUT2D eigenvalue weighted by Crippen LogP contribution is -2.21. The lowest BCUT2D eigenvalue weighted by atomic mass is 10.2. The summed E-state index contributed by atoms with van der Waals surface area (Å²) in [5.74, 6) is -0.746. The number of hydrogen-bond donors (Lipinski definition) is 2. The Labute approximate surface area is 148 Å². The van der Waals surface area contributed by atoms with Crippen molar-refractivity contribution in [2.75, 3.05) is 10.6 Å². The molecule has 0 aromatic heterocycles. The molecule has 0 saturated heterocycles. The molecule has 2 aromatic rings. The molecule has 0 unspecified atom stereocenters. The maximum absolute atomic E-state index is 12.0. The van der Waals surface area contributed by atoms with Crippen LogP contribution in [-0.2, 0) is 9.59 Å². The van der Waals surface area contributed by atoms with Gasteiger partial charge in [0.15, 0.2) is 0 Å². The average molecular weight is 396 g/mol. The zero-order valence-electron chi connectivity index (χ0n) is 12.7. The van der Waals surface area contributed by atoms with Gasteiger partial charge < -0.3 is 10.6 Å². The molecule has 0 aliphatic heterocycles. The van der Waals surface area contributed by atoms with Gasteiger partial charge in [-0.25, -0.2) is 0 Å². The van der Waals surface area contributed by atoms with Crippen LogP contribution < -0.4 is 10.6 Å². The minimum Gasteiger partial charge on any atom is -0.326 e. The summed E-state index contributed by atoms with van der Waals surface area (Å²) in [4.78, 5) is 23.9. The molecule has 0 fully saturated rings. The molecule has 0 radical (unpaired) electrons. The second-order valence-corrected chi connectivity index (χ2v) is 6.49. The SMILES string of the molecule is Cc1ccc(NC(=O)CC(=O)Nc2ccc(Cl)cc2C)cc1Br. The molecule has 23 heavy (non-hydrogen) atoms. The summed E-state index contributed by atoms with van der Waals surface area (Å²) in [5.41, 5.74) is 3.20. The summed E-state index contributed by atoms with van der Waals surface area (Å²) in [6.45, 7) is 3.79. The largest absolute Gasteiger partial charge is 0.326 e. The minimum atomic E-state index is -0.376. The Kier molecular flexibility index (Phi) is 5.80. The van der Waals surface area contributed by atoms with Crippen molar-refractivity contribution >= 4 is 50.7 Å². The Morgan fingerprint density at radius 2 is 1.70 bits per heavy atom. The van der Waals surface area contributed by atoms with Crippen LogP contribution in [0.3, 0.4) is 0 Å². The molecule has 0 heterocycles. The molecule has 2 rings (SSSR count). The summed E-state index contributed by atoms with van der Waals surface area (Å²) in [6, 6.07) is 10.6. The van der Waals surface area contributed by atoms with Crippen LogP contribution in [0.4, 0.5) is 11.4 Å². The van der Waals surface area contributed by atoms with E-state index in [0.29, 0.717) is 16.4 Å². The van der Waals surface area contributed by atoms with Gasteiger partial charge in [-0.3, -0.25) is 9.59 Å². The van der Waals surface area contributed by atoms with E-state index < -0.39 is 0 Å². The van der Waals surface area contributed by atoms with Crippen LogP contribution in [0.25, 0.3) is 0 Å². The molecule has 6 heteroatoms. The first kappa shape index (κ1) is 17.5. The Morgan fingerprint density at radius 3 is 2.35 bits per heavy atom. The van der Waals surface area contributed by atoms with E-state index in [4.69, 9.17) is 11.6 Å². The topological polar surface area (TPSA) is 58.2 Å². The van der Waals surface area contributed by atoms with Crippen molar-refractivity contribution in [2.45, 2.75) is 20.3 Å². The molecule has 120 valence electrons. The van der Waals surface area contributed by atoms with Crippen LogP contribution in [0.2, 0.25) is 5.02 Å². The van der Waals surface area contributed by atoms with Gasteiger partial charge >= 0.3 is 0 Å². The van der Waals surface area contributed by atoms with E-state index in [1.165, 1.54) is 0 Å². The van der Waals surface area contributed by atoms with E-state index in [2.05, 4.69) is 26.6 Å². The molecule has 2 N–H and O–H groups in total. The van der Waals surface area contributed by atoms with E-state index in [0.717, 1.165) is 15.6 Å². The van der Waals surface area contributed by atoms with Gasteiger partial charge in [0.05, 0.1) is 0 Å². The summed E-state index contributed by atoms with van der Waals surface area (Å²) in [6.07, 6.45) is -0.256. The monoisotopic (exact) mass is 394 g/mol. The van der Waals surface area contributed by atoms with Gasteiger partial charge in [0.2, 0.25) is 11.8 Å². The lowest BCUT2D eigenvalue weighted by molar-refractivity contribution is -0.123. The number of halogens is 2. The molecule has 0 atom stereocenters. The van der Waals surface area contributed by atoms with Crippen molar-refractivity contribution in [1.82, 2.24) is 0 Å². The summed E-state index contributed by atoms with van der Waals surface area (Å²) in [5, 5.41) is 6.01. The summed E-state index contributed by atoms with van der Waals surface area (Å²) in [7, 11) is 0. The molecule has 0 bridgehead atoms. The highest BCUT2D eigenvalue weighted by molar-refractivity contribution is 9.10. The second kappa shape index (κ2) is 7.62. The minimum absolute atomic E-state index is 0.256. The van der Waals surface area contributed by atoms with Gasteiger partial charge in [-0.05, 0) is 55.3 Å². The second-order valence-electron chi connectivity index (χ2n) is 5.20. The fraction of sp³-hybridized carbons (Fsp3) is 0.176. The molecular formula is C17H16BrClN2O2. The lowest BCUT2D eigenvalue weighted by Gasteiger charge is -2.09. The molecule has 0 aliphatic rings. The first-order valence-corrected chi connectivity index (χ1v) is 8.14. The normalized spacial score (nSPS) is 10.3. The highest BCUT2D eigenvalue weighted by Crippen LogP contribution is 2.21. The Balaban J connectivity index is 1.94. The average Bonchev–Trinajstić information content (AvgIpc) is 2.46. The number of aryl methyl sites for hydroxylation is 2. The quantitative estimate of drug-likeness (QED) is 0.738. The van der Waals surface area contributed by atoms with Gasteiger partial charge in [0, 0.05) is 20.9 Å². The number of rotatable bonds is 4. The Hall–Kier alpha value is -1.85. The van der Waals surface area contributed by atoms with Crippen LogP contribution in [0.5, 0.6) is 0 Å². The highest BCUT2D eigenvalue weighted by atomic mass is 79.9. The Bertz CT molecular complexity index is 762. The van der Waals surface area contributed by atoms with E-state index in [-0.39, 0.29) is 18.2 Å². The van der Waals surface area contributed by atoms with Gasteiger partial charge in [-0.15, -0.1) is 0 Å². The van der Waals surface area contributed by atoms with Crippen molar-refractivity contribution in [1.29, 1.82) is 0 Å². The summed E-state index contributed by atoms with van der Waals surface area (Å²) >= 11 is 9.27. The molecule has 0 saturated carbocycles. The first-order valence-electron chi connectivity index (χ1n) is 6.97. The number of carbonyl (C=O) groups is 2. The van der Waals surface area contributed by atoms with Crippen molar-refractivity contribution in [3.63, 3.8) is 0 Å². The van der Waals surface area contributed by atoms with E-state index in [9.17, 15) is 9.59 Å². The van der Waals surface area contributed by atoms with Crippen LogP contribution in [0.1, 0.15) is 17.5 Å². The first-order chi connectivity index (χ1) is 10.8. The zero-order valence-corrected chi connectivity index (χ0v) is 15.1. The number of anilines is 2. The third-order valence-electron chi connectivity index (χ3n) is 3.24. The smallest absolute Gasteiger partial charge is 0.233 e. The standard InChI is InChI=1S/C17H16BrClN2O2/c1-10-3-5-13(8-14(10)18)20-16(22)9-17(23)21-15-6-4-12(19)7-11(15)2/h3-8H,9H2,1-2H3,(H,20,22)(H,21,23). The molecule has 0 aliphatic carbocycles. The van der Waals surface area contributed by atoms with Crippen molar-refractivity contribution in [3.05, 3.63) is 57.0 Å². The fourth-order valence-corrected chi connectivity index (χ4v) is 2.59. The van der Waals surface area contributed by atoms with Crippen molar-refractivity contribution < 1.29 is 9.59 Å². The summed E-state index contributed by atoms with van der Waals surface area (Å²) < 4.78 is 0.900. The van der Waals surface area contributed by atoms with Crippen LogP contribution >= 0.6 is 27.5 Å². The number of hydrogen-bond acceptors (Lipinski definition) is 2. The predicted octanol–water partition coefficient (Wildman–Crippen LogP) is 4.69. The molecular weight excluding hydrogens is 380 g/mol. The van der Waals surface area contributed by atoms with Crippen LogP contribution in [-0.4, -0.2) is 11.8 Å². The van der Waals surface area contributed by atoms with Crippen LogP contribution in [0, 0.1) is 13.8 Å². The van der Waals surface area contributed by atoms with Crippen LogP contribution in [0.15, 0.2) is 40.9 Å². The third kappa shape index (κ3) is 5.08. The van der Waals surface area contributed by atoms with E-state index in [1.807, 2.05) is 19.9 Å². The van der Waals surface area contributed by atoms with E-state index >= 15 is 0 Å². The molecule has 2 aromatic carbocycles. The van der Waals surface area contributed by atoms with Crippen molar-refractivity contribution in [2.24, 2.45) is 0 Å². The van der Waals surface area contributed by atoms with Gasteiger partial charge in [0.1, 0.15) is 6.42 Å². The van der Waals surface area contributed by atoms with Gasteiger partial charge in [-0.1, -0.05) is 33.6 Å². The maximum Gasteiger partial charge on any atom is 0.233 e. The molecule has 4 nitrogen and oxygen atoms in total. The number of carbonyl (C=O) groups excluding carboxylic acids is 2. The zero-order chi connectivity index (χ0) is 17.0. The molecule has 2 amide bonds. The maximum atomic E-state index is 12.0.